The van der Waals surface area contributed by atoms with Crippen molar-refractivity contribution in [3.63, 3.8) is 0 Å². The molecule has 0 spiro atoms. The minimum absolute atomic E-state index is 0. The summed E-state index contributed by atoms with van der Waals surface area (Å²) in [4.78, 5) is 9.63. The number of carbonyl (C=O) groups is 1. The number of hydrogen-bond donors (Lipinski definition) is 0. The molecule has 5 heteroatoms. The average Bonchev–Trinajstić information content (AvgIpc) is 1.66. The van der Waals surface area contributed by atoms with Crippen molar-refractivity contribution in [1.29, 1.82) is 5.26 Å². The summed E-state index contributed by atoms with van der Waals surface area (Å²) in [5.74, 6) is -0.994. The molecule has 0 atom stereocenters. The molecule has 0 saturated heterocycles. The van der Waals surface area contributed by atoms with Gasteiger partial charge >= 0.3 is 29.6 Å². The van der Waals surface area contributed by atoms with Crippen LogP contribution in [0, 0.1) is 11.3 Å². The van der Waals surface area contributed by atoms with Gasteiger partial charge in [0.05, 0.1) is 17.8 Å². The molecule has 0 aliphatic rings. The van der Waals surface area contributed by atoms with Crippen LogP contribution in [0.3, 0.4) is 0 Å². The quantitative estimate of drug-likeness (QED) is 0.306. The van der Waals surface area contributed by atoms with Crippen LogP contribution in [-0.2, 0) is 4.79 Å². The topological polar surface area (TPSA) is 63.9 Å². The van der Waals surface area contributed by atoms with Crippen LogP contribution in [0.25, 0.3) is 0 Å². The molecule has 0 aromatic carbocycles. The molecule has 0 aromatic rings. The third-order valence-corrected chi connectivity index (χ3v) is 1.16. The second kappa shape index (κ2) is 8.31. The summed E-state index contributed by atoms with van der Waals surface area (Å²) in [6.45, 7) is 0. The number of carbonyl (C=O) groups excluding carboxylic acids is 1. The second-order valence-electron chi connectivity index (χ2n) is 1.02. The van der Waals surface area contributed by atoms with Crippen molar-refractivity contribution in [2.24, 2.45) is 0 Å². The molecule has 0 aliphatic heterocycles. The van der Waals surface area contributed by atoms with E-state index < -0.39 is 5.97 Å². The molecule has 44 valence electrons. The molecule has 0 heterocycles. The van der Waals surface area contributed by atoms with Crippen LogP contribution in [-0.4, -0.2) is 17.5 Å². The first kappa shape index (κ1) is 12.0. The minimum atomic E-state index is -1.12. The van der Waals surface area contributed by atoms with E-state index in [1.807, 2.05) is 0 Å². The number of nitriles is 1. The van der Waals surface area contributed by atoms with Crippen LogP contribution in [0.1, 0.15) is 0 Å². The second-order valence-corrected chi connectivity index (χ2v) is 2.01. The summed E-state index contributed by atoms with van der Waals surface area (Å²) in [5, 5.41) is 17.5. The Balaban J connectivity index is 0. The third kappa shape index (κ3) is 11.7. The Kier molecular flexibility index (Phi) is 11.1. The first-order chi connectivity index (χ1) is 3.77. The summed E-state index contributed by atoms with van der Waals surface area (Å²) in [5.41, 5.74) is 0. The van der Waals surface area contributed by atoms with E-state index in [1.165, 1.54) is 0 Å². The molecule has 0 amide bonds. The molecule has 0 rings (SSSR count). The van der Waals surface area contributed by atoms with E-state index in [4.69, 9.17) is 5.26 Å². The number of aliphatic carboxylic acids is 1. The molecule has 0 radical (unpaired) electrons. The van der Waals surface area contributed by atoms with E-state index in [0.717, 1.165) is 11.8 Å². The van der Waals surface area contributed by atoms with Gasteiger partial charge < -0.3 is 9.90 Å². The normalized spacial score (nSPS) is 7.00. The van der Waals surface area contributed by atoms with Crippen LogP contribution in [0.15, 0.2) is 0 Å². The van der Waals surface area contributed by atoms with Crippen LogP contribution in [0.2, 0.25) is 0 Å². The Hall–Kier alpha value is 0.310. The fraction of sp³-hybridized carbons (Fsp3) is 0.500. The van der Waals surface area contributed by atoms with Crippen molar-refractivity contribution in [2.45, 2.75) is 0 Å². The van der Waals surface area contributed by atoms with Gasteiger partial charge in [-0.05, 0) is 0 Å². The molecule has 3 nitrogen and oxygen atoms in total. The summed E-state index contributed by atoms with van der Waals surface area (Å²) >= 11 is 1.04. The van der Waals surface area contributed by atoms with Gasteiger partial charge in [-0.25, -0.2) is 0 Å². The maximum absolute atomic E-state index is 9.63. The SMILES string of the molecule is N#CCSCC(=O)[O-].[Na+]. The molecule has 0 aliphatic carbocycles. The Labute approximate surface area is 79.7 Å². The first-order valence-corrected chi connectivity index (χ1v) is 3.07. The molecule has 0 saturated carbocycles. The van der Waals surface area contributed by atoms with E-state index in [-0.39, 0.29) is 41.1 Å². The monoisotopic (exact) mass is 153 g/mol. The third-order valence-electron chi connectivity index (χ3n) is 0.387. The number of rotatable bonds is 3. The summed E-state index contributed by atoms with van der Waals surface area (Å²) < 4.78 is 0. The van der Waals surface area contributed by atoms with E-state index >= 15 is 0 Å². The summed E-state index contributed by atoms with van der Waals surface area (Å²) in [7, 11) is 0. The van der Waals surface area contributed by atoms with Gasteiger partial charge in [-0.3, -0.25) is 0 Å². The molecule has 0 bridgehead atoms. The van der Waals surface area contributed by atoms with Gasteiger partial charge in [0.2, 0.25) is 0 Å². The van der Waals surface area contributed by atoms with Crippen molar-refractivity contribution in [3.8, 4) is 6.07 Å². The molecule has 0 N–H and O–H groups in total. The number of carboxylic acid groups (broad SMARTS) is 1. The van der Waals surface area contributed by atoms with Gasteiger partial charge in [-0.2, -0.15) is 5.26 Å². The zero-order chi connectivity index (χ0) is 6.41. The number of nitrogens with zero attached hydrogens (tertiary/aromatic N) is 1. The van der Waals surface area contributed by atoms with Crippen LogP contribution >= 0.6 is 11.8 Å². The maximum Gasteiger partial charge on any atom is 1.00 e. The number of hydrogen-bond acceptors (Lipinski definition) is 4. The molecule has 0 unspecified atom stereocenters. The van der Waals surface area contributed by atoms with Gasteiger partial charge in [-0.15, -0.1) is 11.8 Å². The predicted molar refractivity (Wildman–Crippen MR) is 27.9 cm³/mol. The summed E-state index contributed by atoms with van der Waals surface area (Å²) in [6, 6.07) is 1.79. The molecular formula is C4H4NNaO2S. The van der Waals surface area contributed by atoms with E-state index in [2.05, 4.69) is 0 Å². The Morgan fingerprint density at radius 2 is 2.33 bits per heavy atom. The Bertz CT molecular complexity index is 122. The van der Waals surface area contributed by atoms with Gasteiger partial charge in [0.15, 0.2) is 0 Å². The van der Waals surface area contributed by atoms with Gasteiger partial charge in [-0.1, -0.05) is 0 Å². The van der Waals surface area contributed by atoms with Gasteiger partial charge in [0.25, 0.3) is 0 Å². The standard InChI is InChI=1S/C4H5NO2S.Na/c5-1-2-8-3-4(6)7;/h2-3H2,(H,6,7);/q;+1/p-1. The predicted octanol–water partition coefficient (Wildman–Crippen LogP) is -4.00. The van der Waals surface area contributed by atoms with Crippen molar-refractivity contribution in [1.82, 2.24) is 0 Å². The minimum Gasteiger partial charge on any atom is -0.549 e. The van der Waals surface area contributed by atoms with Crippen molar-refractivity contribution in [3.05, 3.63) is 0 Å². The van der Waals surface area contributed by atoms with Gasteiger partial charge in [0.1, 0.15) is 0 Å². The van der Waals surface area contributed by atoms with Crippen LogP contribution in [0.5, 0.6) is 0 Å². The number of carboxylic acids is 1. The zero-order valence-corrected chi connectivity index (χ0v) is 7.90. The molecule has 0 fully saturated rings. The fourth-order valence-electron chi connectivity index (χ4n) is 0.180. The van der Waals surface area contributed by atoms with Crippen LogP contribution in [0.4, 0.5) is 0 Å². The van der Waals surface area contributed by atoms with Crippen molar-refractivity contribution < 1.29 is 39.5 Å². The smallest absolute Gasteiger partial charge is 0.549 e. The first-order valence-electron chi connectivity index (χ1n) is 1.92. The molecule has 9 heavy (non-hydrogen) atoms. The van der Waals surface area contributed by atoms with Crippen LogP contribution < -0.4 is 34.7 Å². The Morgan fingerprint density at radius 3 is 2.67 bits per heavy atom. The summed E-state index contributed by atoms with van der Waals surface area (Å²) in [6.07, 6.45) is 0. The zero-order valence-electron chi connectivity index (χ0n) is 5.09. The average molecular weight is 153 g/mol. The van der Waals surface area contributed by atoms with E-state index in [1.54, 1.807) is 6.07 Å². The number of thioether (sulfide) groups is 1. The van der Waals surface area contributed by atoms with Crippen molar-refractivity contribution >= 4 is 17.7 Å². The maximum atomic E-state index is 9.63. The van der Waals surface area contributed by atoms with Gasteiger partial charge in [0, 0.05) is 5.75 Å². The fourth-order valence-corrected chi connectivity index (χ4v) is 0.540. The van der Waals surface area contributed by atoms with E-state index in [0.29, 0.717) is 0 Å². The van der Waals surface area contributed by atoms with E-state index in [9.17, 15) is 9.90 Å². The largest absolute Gasteiger partial charge is 1.00 e. The Morgan fingerprint density at radius 1 is 1.78 bits per heavy atom. The molecular weight excluding hydrogens is 149 g/mol. The van der Waals surface area contributed by atoms with Crippen molar-refractivity contribution in [2.75, 3.05) is 11.5 Å². The molecule has 0 aromatic heterocycles.